The summed E-state index contributed by atoms with van der Waals surface area (Å²) in [5.74, 6) is 0.612. The predicted octanol–water partition coefficient (Wildman–Crippen LogP) is 3.80. The molecular weight excluding hydrogens is 320 g/mol. The van der Waals surface area contributed by atoms with Crippen molar-refractivity contribution >= 4 is 23.4 Å². The lowest BCUT2D eigenvalue weighted by atomic mass is 10.2. The zero-order valence-corrected chi connectivity index (χ0v) is 15.0. The molecule has 0 saturated heterocycles. The molecule has 2 aromatic heterocycles. The molecule has 3 rings (SSSR count). The number of thioether (sulfide) groups is 1. The number of nitrogens with zero attached hydrogens (tertiary/aromatic N) is 3. The van der Waals surface area contributed by atoms with E-state index in [0.29, 0.717) is 5.56 Å². The minimum Gasteiger partial charge on any atom is -0.321 e. The van der Waals surface area contributed by atoms with Crippen LogP contribution in [0, 0.1) is 13.8 Å². The number of carbonyl (C=O) groups is 1. The predicted molar refractivity (Wildman–Crippen MR) is 98.2 cm³/mol. The Balaban J connectivity index is 2.01. The molecule has 24 heavy (non-hydrogen) atoms. The lowest BCUT2D eigenvalue weighted by molar-refractivity contribution is 0.102. The molecule has 0 spiro atoms. The molecule has 1 amide bonds. The van der Waals surface area contributed by atoms with Crippen LogP contribution in [0.3, 0.4) is 0 Å². The number of nitrogens with one attached hydrogen (secondary N) is 1. The summed E-state index contributed by atoms with van der Waals surface area (Å²) in [4.78, 5) is 13.9. The van der Waals surface area contributed by atoms with Gasteiger partial charge in [-0.1, -0.05) is 12.1 Å². The fraction of sp³-hybridized carbons (Fsp3) is 0.222. The van der Waals surface area contributed by atoms with E-state index >= 15 is 0 Å². The number of para-hydroxylation sites is 1. The van der Waals surface area contributed by atoms with E-state index < -0.39 is 0 Å². The molecule has 0 aliphatic carbocycles. The number of anilines is 1. The Bertz CT molecular complexity index is 875. The minimum absolute atomic E-state index is 0.160. The summed E-state index contributed by atoms with van der Waals surface area (Å²) in [6.07, 6.45) is 3.61. The Hall–Kier alpha value is -2.47. The van der Waals surface area contributed by atoms with Crippen LogP contribution in [-0.2, 0) is 7.05 Å². The number of carbonyl (C=O) groups excluding carboxylic acids is 1. The van der Waals surface area contributed by atoms with Gasteiger partial charge in [-0.05, 0) is 44.4 Å². The first kappa shape index (κ1) is 16.4. The number of rotatable bonds is 4. The van der Waals surface area contributed by atoms with Gasteiger partial charge in [0.25, 0.3) is 5.91 Å². The Morgan fingerprint density at radius 3 is 2.46 bits per heavy atom. The number of amides is 1. The second-order valence-electron chi connectivity index (χ2n) is 5.61. The van der Waals surface area contributed by atoms with Gasteiger partial charge in [-0.2, -0.15) is 5.10 Å². The molecule has 0 atom stereocenters. The van der Waals surface area contributed by atoms with Gasteiger partial charge >= 0.3 is 0 Å². The van der Waals surface area contributed by atoms with Crippen LogP contribution in [-0.4, -0.2) is 26.5 Å². The lowest BCUT2D eigenvalue weighted by Gasteiger charge is -2.13. The van der Waals surface area contributed by atoms with Crippen molar-refractivity contribution in [2.75, 3.05) is 11.6 Å². The number of aromatic nitrogens is 3. The van der Waals surface area contributed by atoms with E-state index in [1.54, 1.807) is 22.6 Å². The normalized spacial score (nSPS) is 10.8. The maximum absolute atomic E-state index is 12.8. The van der Waals surface area contributed by atoms with Gasteiger partial charge in [0, 0.05) is 23.3 Å². The highest BCUT2D eigenvalue weighted by Gasteiger charge is 2.20. The molecule has 1 aromatic carbocycles. The summed E-state index contributed by atoms with van der Waals surface area (Å²) in [5.41, 5.74) is 3.49. The van der Waals surface area contributed by atoms with Gasteiger partial charge in [0.15, 0.2) is 0 Å². The second kappa shape index (κ2) is 6.57. The zero-order valence-electron chi connectivity index (χ0n) is 14.2. The van der Waals surface area contributed by atoms with Gasteiger partial charge < -0.3 is 9.88 Å². The van der Waals surface area contributed by atoms with E-state index in [1.165, 1.54) is 0 Å². The Labute approximate surface area is 145 Å². The molecule has 2 heterocycles. The van der Waals surface area contributed by atoms with Crippen LogP contribution in [0.5, 0.6) is 0 Å². The van der Waals surface area contributed by atoms with Crippen molar-refractivity contribution in [3.63, 3.8) is 0 Å². The molecule has 0 bridgehead atoms. The maximum Gasteiger partial charge on any atom is 0.261 e. The van der Waals surface area contributed by atoms with E-state index in [1.807, 2.05) is 68.1 Å². The monoisotopic (exact) mass is 340 g/mol. The van der Waals surface area contributed by atoms with E-state index in [2.05, 4.69) is 10.4 Å². The molecule has 0 unspecified atom stereocenters. The summed E-state index contributed by atoms with van der Waals surface area (Å²) in [6, 6.07) is 11.8. The molecule has 0 aliphatic heterocycles. The average molecular weight is 340 g/mol. The van der Waals surface area contributed by atoms with Crippen molar-refractivity contribution < 1.29 is 4.79 Å². The van der Waals surface area contributed by atoms with Gasteiger partial charge in [0.05, 0.1) is 11.9 Å². The highest BCUT2D eigenvalue weighted by molar-refractivity contribution is 7.98. The number of hydrogen-bond acceptors (Lipinski definition) is 3. The van der Waals surface area contributed by atoms with Crippen LogP contribution >= 0.6 is 11.8 Å². The summed E-state index contributed by atoms with van der Waals surface area (Å²) in [7, 11) is 1.85. The first-order valence-electron chi connectivity index (χ1n) is 7.64. The molecular formula is C18H20N4OS. The molecule has 5 nitrogen and oxygen atoms in total. The zero-order chi connectivity index (χ0) is 17.3. The van der Waals surface area contributed by atoms with Crippen molar-refractivity contribution in [2.24, 2.45) is 7.05 Å². The highest BCUT2D eigenvalue weighted by atomic mass is 32.2. The first-order valence-corrected chi connectivity index (χ1v) is 8.87. The van der Waals surface area contributed by atoms with Crippen LogP contribution in [0.25, 0.3) is 5.82 Å². The molecule has 3 aromatic rings. The Morgan fingerprint density at radius 1 is 1.12 bits per heavy atom. The quantitative estimate of drug-likeness (QED) is 0.735. The van der Waals surface area contributed by atoms with E-state index in [-0.39, 0.29) is 5.91 Å². The molecule has 0 radical (unpaired) electrons. The number of benzene rings is 1. The van der Waals surface area contributed by atoms with Crippen molar-refractivity contribution in [1.29, 1.82) is 0 Å². The van der Waals surface area contributed by atoms with Crippen LogP contribution in [0.1, 0.15) is 21.7 Å². The van der Waals surface area contributed by atoms with Crippen LogP contribution < -0.4 is 5.32 Å². The third-order valence-corrected chi connectivity index (χ3v) is 4.79. The maximum atomic E-state index is 12.8. The lowest BCUT2D eigenvalue weighted by Crippen LogP contribution is -2.16. The summed E-state index contributed by atoms with van der Waals surface area (Å²) in [5, 5.41) is 7.30. The van der Waals surface area contributed by atoms with Gasteiger partial charge in [0.2, 0.25) is 0 Å². The second-order valence-corrected chi connectivity index (χ2v) is 6.46. The van der Waals surface area contributed by atoms with Gasteiger partial charge in [-0.3, -0.25) is 9.48 Å². The van der Waals surface area contributed by atoms with Crippen molar-refractivity contribution in [3.05, 3.63) is 59.5 Å². The standard InChI is InChI=1S/C18H20N4OS/c1-12-9-10-13(2)22(12)18-14(11-19-21(18)3)17(23)20-15-7-5-6-8-16(15)24-4/h5-11H,1-4H3,(H,20,23). The fourth-order valence-corrected chi connectivity index (χ4v) is 3.35. The Morgan fingerprint density at radius 2 is 1.79 bits per heavy atom. The number of aryl methyl sites for hydroxylation is 3. The van der Waals surface area contributed by atoms with Crippen molar-refractivity contribution in [3.8, 4) is 5.82 Å². The fourth-order valence-electron chi connectivity index (χ4n) is 2.80. The molecule has 1 N–H and O–H groups in total. The largest absolute Gasteiger partial charge is 0.321 e. The molecule has 124 valence electrons. The molecule has 0 aliphatic rings. The number of hydrogen-bond donors (Lipinski definition) is 1. The first-order chi connectivity index (χ1) is 11.5. The van der Waals surface area contributed by atoms with E-state index in [0.717, 1.165) is 27.8 Å². The smallest absolute Gasteiger partial charge is 0.261 e. The van der Waals surface area contributed by atoms with Gasteiger partial charge in [-0.25, -0.2) is 0 Å². The van der Waals surface area contributed by atoms with E-state index in [4.69, 9.17) is 0 Å². The van der Waals surface area contributed by atoms with Crippen LogP contribution in [0.4, 0.5) is 5.69 Å². The minimum atomic E-state index is -0.160. The van der Waals surface area contributed by atoms with Gasteiger partial charge in [0.1, 0.15) is 11.4 Å². The average Bonchev–Trinajstić information content (AvgIpc) is 3.10. The highest BCUT2D eigenvalue weighted by Crippen LogP contribution is 2.26. The molecule has 6 heteroatoms. The van der Waals surface area contributed by atoms with Gasteiger partial charge in [-0.15, -0.1) is 11.8 Å². The SMILES string of the molecule is CSc1ccccc1NC(=O)c1cnn(C)c1-n1c(C)ccc1C. The van der Waals surface area contributed by atoms with Crippen LogP contribution in [0.2, 0.25) is 0 Å². The van der Waals surface area contributed by atoms with E-state index in [9.17, 15) is 4.79 Å². The topological polar surface area (TPSA) is 51.9 Å². The van der Waals surface area contributed by atoms with Crippen LogP contribution in [0.15, 0.2) is 47.5 Å². The summed E-state index contributed by atoms with van der Waals surface area (Å²) >= 11 is 1.60. The molecule has 0 saturated carbocycles. The van der Waals surface area contributed by atoms with Crippen molar-refractivity contribution in [1.82, 2.24) is 14.3 Å². The summed E-state index contributed by atoms with van der Waals surface area (Å²) < 4.78 is 3.78. The molecule has 0 fully saturated rings. The summed E-state index contributed by atoms with van der Waals surface area (Å²) in [6.45, 7) is 4.04. The third kappa shape index (κ3) is 2.85. The Kier molecular flexibility index (Phi) is 4.49. The third-order valence-electron chi connectivity index (χ3n) is 3.99. The van der Waals surface area contributed by atoms with Crippen molar-refractivity contribution in [2.45, 2.75) is 18.7 Å².